The van der Waals surface area contributed by atoms with Crippen LogP contribution in [-0.4, -0.2) is 22.3 Å². The first kappa shape index (κ1) is 10.2. The van der Waals surface area contributed by atoms with Crippen molar-refractivity contribution in [2.45, 2.75) is 6.61 Å². The average molecular weight is 202 g/mol. The Labute approximate surface area is 87.8 Å². The third-order valence-corrected chi connectivity index (χ3v) is 2.47. The molecule has 3 nitrogen and oxygen atoms in total. The number of aliphatic hydroxyl groups is 1. The number of aliphatic hydroxyl groups excluding tert-OH is 1. The minimum atomic E-state index is -1.51. The fraction of sp³-hybridized carbons (Fsp3) is 0.0909. The lowest BCUT2D eigenvalue weighted by Gasteiger charge is -2.09. The van der Waals surface area contributed by atoms with Crippen LogP contribution in [0.4, 0.5) is 0 Å². The Kier molecular flexibility index (Phi) is 2.73. The van der Waals surface area contributed by atoms with Gasteiger partial charge in [-0.2, -0.15) is 0 Å². The highest BCUT2D eigenvalue weighted by Gasteiger charge is 2.15. The van der Waals surface area contributed by atoms with E-state index in [4.69, 9.17) is 0 Å². The van der Waals surface area contributed by atoms with E-state index >= 15 is 0 Å². The number of fused-ring (bicyclic) bond motifs is 1. The second-order valence-electron chi connectivity index (χ2n) is 3.39. The van der Waals surface area contributed by atoms with Gasteiger partial charge in [0.2, 0.25) is 0 Å². The summed E-state index contributed by atoms with van der Waals surface area (Å²) in [4.78, 5) is 0. The van der Waals surface area contributed by atoms with Crippen molar-refractivity contribution in [3.8, 4) is 0 Å². The smallest absolute Gasteiger partial charge is 0.423 e. The Morgan fingerprint density at radius 2 is 1.67 bits per heavy atom. The first-order valence-electron chi connectivity index (χ1n) is 4.71. The van der Waals surface area contributed by atoms with Gasteiger partial charge in [0, 0.05) is 0 Å². The quantitative estimate of drug-likeness (QED) is 0.601. The summed E-state index contributed by atoms with van der Waals surface area (Å²) in [5, 5.41) is 29.2. The van der Waals surface area contributed by atoms with Crippen LogP contribution in [0, 0.1) is 0 Å². The zero-order chi connectivity index (χ0) is 10.8. The van der Waals surface area contributed by atoms with Crippen LogP contribution in [0.25, 0.3) is 10.8 Å². The molecule has 0 saturated heterocycles. The molecule has 15 heavy (non-hydrogen) atoms. The van der Waals surface area contributed by atoms with Crippen molar-refractivity contribution in [3.63, 3.8) is 0 Å². The molecule has 0 aliphatic heterocycles. The van der Waals surface area contributed by atoms with E-state index in [1.165, 1.54) is 0 Å². The fourth-order valence-electron chi connectivity index (χ4n) is 1.80. The molecule has 0 amide bonds. The van der Waals surface area contributed by atoms with Crippen molar-refractivity contribution in [1.82, 2.24) is 0 Å². The summed E-state index contributed by atoms with van der Waals surface area (Å²) in [5.41, 5.74) is 1.13. The van der Waals surface area contributed by atoms with Crippen LogP contribution >= 0.6 is 0 Å². The third-order valence-electron chi connectivity index (χ3n) is 2.47. The van der Waals surface area contributed by atoms with Crippen molar-refractivity contribution in [2.75, 3.05) is 0 Å². The van der Waals surface area contributed by atoms with Gasteiger partial charge in [-0.05, 0) is 21.8 Å². The van der Waals surface area contributed by atoms with Gasteiger partial charge in [-0.25, -0.2) is 0 Å². The minimum absolute atomic E-state index is 0.110. The van der Waals surface area contributed by atoms with Gasteiger partial charge < -0.3 is 15.2 Å². The maximum absolute atomic E-state index is 9.22. The van der Waals surface area contributed by atoms with E-state index in [2.05, 4.69) is 0 Å². The van der Waals surface area contributed by atoms with Crippen LogP contribution in [0.15, 0.2) is 36.4 Å². The topological polar surface area (TPSA) is 60.7 Å². The lowest BCUT2D eigenvalue weighted by molar-refractivity contribution is 0.283. The van der Waals surface area contributed by atoms with Gasteiger partial charge in [0.15, 0.2) is 0 Å². The molecule has 76 valence electrons. The number of benzene rings is 2. The highest BCUT2D eigenvalue weighted by Crippen LogP contribution is 2.17. The van der Waals surface area contributed by atoms with E-state index in [9.17, 15) is 15.2 Å². The van der Waals surface area contributed by atoms with E-state index in [1.54, 1.807) is 18.2 Å². The molecule has 0 atom stereocenters. The molecule has 0 saturated carbocycles. The Bertz CT molecular complexity index is 477. The number of hydrogen-bond acceptors (Lipinski definition) is 3. The predicted octanol–water partition coefficient (Wildman–Crippen LogP) is 0.0119. The van der Waals surface area contributed by atoms with Gasteiger partial charge in [-0.1, -0.05) is 36.4 Å². The van der Waals surface area contributed by atoms with Crippen molar-refractivity contribution in [3.05, 3.63) is 42.0 Å². The Hall–Kier alpha value is -1.36. The normalized spacial score (nSPS) is 10.6. The van der Waals surface area contributed by atoms with Gasteiger partial charge >= 0.3 is 7.12 Å². The minimum Gasteiger partial charge on any atom is -0.423 e. The molecule has 0 spiro atoms. The largest absolute Gasteiger partial charge is 0.489 e. The van der Waals surface area contributed by atoms with Crippen molar-refractivity contribution < 1.29 is 15.2 Å². The molecule has 2 aromatic carbocycles. The fourth-order valence-corrected chi connectivity index (χ4v) is 1.80. The molecule has 4 heteroatoms. The van der Waals surface area contributed by atoms with Crippen molar-refractivity contribution >= 4 is 23.4 Å². The second-order valence-corrected chi connectivity index (χ2v) is 3.39. The van der Waals surface area contributed by atoms with E-state index in [1.807, 2.05) is 18.2 Å². The van der Waals surface area contributed by atoms with Crippen LogP contribution in [-0.2, 0) is 6.61 Å². The van der Waals surface area contributed by atoms with Crippen LogP contribution < -0.4 is 5.46 Å². The summed E-state index contributed by atoms with van der Waals surface area (Å²) in [6.45, 7) is -0.110. The van der Waals surface area contributed by atoms with E-state index in [0.29, 0.717) is 11.0 Å². The van der Waals surface area contributed by atoms with Crippen LogP contribution in [0.5, 0.6) is 0 Å². The molecule has 0 unspecified atom stereocenters. The molecule has 0 aromatic heterocycles. The van der Waals surface area contributed by atoms with Gasteiger partial charge in [-0.15, -0.1) is 0 Å². The number of rotatable bonds is 2. The zero-order valence-electron chi connectivity index (χ0n) is 8.09. The lowest BCUT2D eigenvalue weighted by Crippen LogP contribution is -2.30. The summed E-state index contributed by atoms with van der Waals surface area (Å²) in [6, 6.07) is 10.8. The van der Waals surface area contributed by atoms with E-state index in [-0.39, 0.29) is 6.61 Å². The zero-order valence-corrected chi connectivity index (χ0v) is 8.09. The Morgan fingerprint density at radius 3 is 2.27 bits per heavy atom. The maximum Gasteiger partial charge on any atom is 0.489 e. The highest BCUT2D eigenvalue weighted by molar-refractivity contribution is 6.62. The summed E-state index contributed by atoms with van der Waals surface area (Å²) in [7, 11) is -1.51. The molecule has 0 heterocycles. The predicted molar refractivity (Wildman–Crippen MR) is 59.7 cm³/mol. The third kappa shape index (κ3) is 1.75. The lowest BCUT2D eigenvalue weighted by atomic mass is 9.76. The van der Waals surface area contributed by atoms with Crippen molar-refractivity contribution in [1.29, 1.82) is 0 Å². The molecule has 2 aromatic rings. The summed E-state index contributed by atoms with van der Waals surface area (Å²) < 4.78 is 0. The molecule has 3 N–H and O–H groups in total. The van der Waals surface area contributed by atoms with Crippen LogP contribution in [0.2, 0.25) is 0 Å². The first-order valence-corrected chi connectivity index (χ1v) is 4.71. The van der Waals surface area contributed by atoms with E-state index < -0.39 is 7.12 Å². The molecule has 0 radical (unpaired) electrons. The SMILES string of the molecule is OCc1cccc2cccc(B(O)O)c12. The maximum atomic E-state index is 9.22. The highest BCUT2D eigenvalue weighted by atomic mass is 16.4. The van der Waals surface area contributed by atoms with Crippen molar-refractivity contribution in [2.24, 2.45) is 0 Å². The molecule has 0 aliphatic carbocycles. The summed E-state index contributed by atoms with van der Waals surface area (Å²) in [5.74, 6) is 0. The van der Waals surface area contributed by atoms with Gasteiger partial charge in [0.25, 0.3) is 0 Å². The van der Waals surface area contributed by atoms with Gasteiger partial charge in [-0.3, -0.25) is 0 Å². The van der Waals surface area contributed by atoms with Gasteiger partial charge in [0.05, 0.1) is 6.61 Å². The summed E-state index contributed by atoms with van der Waals surface area (Å²) in [6.07, 6.45) is 0. The molecule has 0 bridgehead atoms. The molecular formula is C11H11BO3. The first-order chi connectivity index (χ1) is 7.24. The number of hydrogen-bond donors (Lipinski definition) is 3. The molecule has 0 fully saturated rings. The molecule has 0 aliphatic rings. The Balaban J connectivity index is 2.81. The monoisotopic (exact) mass is 202 g/mol. The summed E-state index contributed by atoms with van der Waals surface area (Å²) >= 11 is 0. The molecule has 2 rings (SSSR count). The average Bonchev–Trinajstić information content (AvgIpc) is 2.27. The Morgan fingerprint density at radius 1 is 1.00 bits per heavy atom. The van der Waals surface area contributed by atoms with Gasteiger partial charge in [0.1, 0.15) is 0 Å². The second kappa shape index (κ2) is 4.02. The van der Waals surface area contributed by atoms with Crippen LogP contribution in [0.1, 0.15) is 5.56 Å². The standard InChI is InChI=1S/C11H11BO3/c13-7-9-5-1-3-8-4-2-6-10(11(8)9)12(14)15/h1-6,13-15H,7H2. The van der Waals surface area contributed by atoms with E-state index in [0.717, 1.165) is 10.8 Å². The van der Waals surface area contributed by atoms with Crippen LogP contribution in [0.3, 0.4) is 0 Å². The molecular weight excluding hydrogens is 191 g/mol.